The van der Waals surface area contributed by atoms with Crippen molar-refractivity contribution in [3.05, 3.63) is 24.3 Å². The minimum Gasteiger partial charge on any atom is -0.459 e. The van der Waals surface area contributed by atoms with Gasteiger partial charge in [0.05, 0.1) is 19.4 Å². The normalized spacial score (nSPS) is 10.9. The zero-order valence-electron chi connectivity index (χ0n) is 11.6. The maximum Gasteiger partial charge on any atom is 0.283 e. The van der Waals surface area contributed by atoms with Gasteiger partial charge in [-0.2, -0.15) is 0 Å². The van der Waals surface area contributed by atoms with Gasteiger partial charge in [-0.1, -0.05) is 6.92 Å². The number of carbonyl (C=O) groups excluding carboxylic acids is 1. The number of likely N-dealkylation sites (N-methyl/N-ethyl adjacent to an activating group) is 2. The molecule has 1 N–H and O–H groups in total. The lowest BCUT2D eigenvalue weighted by atomic mass is 10.4. The predicted octanol–water partition coefficient (Wildman–Crippen LogP) is 1.29. The molecule has 20 heavy (non-hydrogen) atoms. The Morgan fingerprint density at radius 3 is 2.90 bits per heavy atom. The van der Waals surface area contributed by atoms with Gasteiger partial charge in [0, 0.05) is 6.54 Å². The van der Waals surface area contributed by atoms with Crippen molar-refractivity contribution in [1.82, 2.24) is 20.4 Å². The number of nitrogens with one attached hydrogen (secondary N) is 1. The quantitative estimate of drug-likeness (QED) is 0.821. The van der Waals surface area contributed by atoms with Crippen LogP contribution in [0.15, 0.2) is 27.2 Å². The molecule has 2 aromatic rings. The van der Waals surface area contributed by atoms with Gasteiger partial charge in [0.2, 0.25) is 11.8 Å². The van der Waals surface area contributed by atoms with Crippen LogP contribution in [-0.4, -0.2) is 40.6 Å². The summed E-state index contributed by atoms with van der Waals surface area (Å²) >= 11 is 0. The second-order valence-corrected chi connectivity index (χ2v) is 4.24. The van der Waals surface area contributed by atoms with Crippen molar-refractivity contribution in [2.45, 2.75) is 20.4 Å². The second-order valence-electron chi connectivity index (χ2n) is 4.24. The van der Waals surface area contributed by atoms with E-state index in [1.807, 2.05) is 18.7 Å². The van der Waals surface area contributed by atoms with E-state index in [0.717, 1.165) is 6.54 Å². The van der Waals surface area contributed by atoms with Crippen LogP contribution in [0.4, 0.5) is 0 Å². The zero-order chi connectivity index (χ0) is 14.4. The van der Waals surface area contributed by atoms with E-state index in [1.165, 1.54) is 0 Å². The molecule has 1 amide bonds. The molecule has 0 radical (unpaired) electrons. The highest BCUT2D eigenvalue weighted by Gasteiger charge is 2.15. The average molecular weight is 278 g/mol. The molecule has 2 rings (SSSR count). The van der Waals surface area contributed by atoms with Gasteiger partial charge in [0.15, 0.2) is 5.76 Å². The zero-order valence-corrected chi connectivity index (χ0v) is 11.6. The van der Waals surface area contributed by atoms with E-state index in [9.17, 15) is 4.79 Å². The number of carbonyl (C=O) groups is 1. The smallest absolute Gasteiger partial charge is 0.283 e. The first-order valence-electron chi connectivity index (χ1n) is 6.58. The topological polar surface area (TPSA) is 84.4 Å². The number of hydrogen-bond acceptors (Lipinski definition) is 6. The highest BCUT2D eigenvalue weighted by atomic mass is 16.4. The number of furan rings is 1. The van der Waals surface area contributed by atoms with Crippen molar-refractivity contribution in [3.8, 4) is 11.7 Å². The molecule has 0 atom stereocenters. The first-order chi connectivity index (χ1) is 9.72. The molecule has 0 aliphatic heterocycles. The van der Waals surface area contributed by atoms with Crippen LogP contribution in [0.25, 0.3) is 11.7 Å². The highest BCUT2D eigenvalue weighted by molar-refractivity contribution is 5.77. The molecule has 7 nitrogen and oxygen atoms in total. The fourth-order valence-corrected chi connectivity index (χ4v) is 1.74. The summed E-state index contributed by atoms with van der Waals surface area (Å²) in [6.45, 7) is 5.95. The third-order valence-corrected chi connectivity index (χ3v) is 2.75. The third-order valence-electron chi connectivity index (χ3n) is 2.75. The van der Waals surface area contributed by atoms with Gasteiger partial charge >= 0.3 is 0 Å². The molecule has 2 aromatic heterocycles. The van der Waals surface area contributed by atoms with Gasteiger partial charge in [0.1, 0.15) is 0 Å². The lowest BCUT2D eigenvalue weighted by molar-refractivity contribution is -0.122. The van der Waals surface area contributed by atoms with E-state index in [4.69, 9.17) is 8.83 Å². The van der Waals surface area contributed by atoms with Gasteiger partial charge < -0.3 is 14.2 Å². The summed E-state index contributed by atoms with van der Waals surface area (Å²) in [6.07, 6.45) is 1.55. The van der Waals surface area contributed by atoms with Gasteiger partial charge in [-0.05, 0) is 25.6 Å². The first kappa shape index (κ1) is 14.3. The molecular weight excluding hydrogens is 260 g/mol. The average Bonchev–Trinajstić information content (AvgIpc) is 3.08. The maximum absolute atomic E-state index is 11.6. The fourth-order valence-electron chi connectivity index (χ4n) is 1.74. The Hall–Kier alpha value is -2.15. The molecule has 0 bridgehead atoms. The van der Waals surface area contributed by atoms with Crippen LogP contribution >= 0.6 is 0 Å². The number of nitrogens with zero attached hydrogens (tertiary/aromatic N) is 3. The van der Waals surface area contributed by atoms with E-state index in [2.05, 4.69) is 15.5 Å². The van der Waals surface area contributed by atoms with Crippen LogP contribution in [-0.2, 0) is 11.3 Å². The van der Waals surface area contributed by atoms with Crippen LogP contribution in [0.2, 0.25) is 0 Å². The van der Waals surface area contributed by atoms with Crippen molar-refractivity contribution >= 4 is 5.91 Å². The Kier molecular flexibility index (Phi) is 4.89. The molecular formula is C13H18N4O3. The Morgan fingerprint density at radius 1 is 1.40 bits per heavy atom. The van der Waals surface area contributed by atoms with Crippen molar-refractivity contribution in [3.63, 3.8) is 0 Å². The van der Waals surface area contributed by atoms with Crippen LogP contribution < -0.4 is 5.32 Å². The van der Waals surface area contributed by atoms with E-state index in [0.29, 0.717) is 37.2 Å². The Labute approximate surface area is 117 Å². The molecule has 0 aliphatic rings. The molecule has 0 aromatic carbocycles. The lowest BCUT2D eigenvalue weighted by Gasteiger charge is -2.17. The van der Waals surface area contributed by atoms with Crippen molar-refractivity contribution in [2.75, 3.05) is 19.6 Å². The maximum atomic E-state index is 11.6. The number of aromatic nitrogens is 2. The molecule has 0 saturated heterocycles. The van der Waals surface area contributed by atoms with Crippen molar-refractivity contribution < 1.29 is 13.6 Å². The van der Waals surface area contributed by atoms with Crippen LogP contribution in [0, 0.1) is 0 Å². The summed E-state index contributed by atoms with van der Waals surface area (Å²) in [6, 6.07) is 3.51. The summed E-state index contributed by atoms with van der Waals surface area (Å²) in [7, 11) is 0. The Bertz CT molecular complexity index is 536. The van der Waals surface area contributed by atoms with Gasteiger partial charge in [0.25, 0.3) is 5.89 Å². The minimum absolute atomic E-state index is 0.0138. The summed E-state index contributed by atoms with van der Waals surface area (Å²) < 4.78 is 10.7. The summed E-state index contributed by atoms with van der Waals surface area (Å²) in [5.41, 5.74) is 0. The standard InChI is InChI=1S/C13H18N4O3/c1-3-14-11(18)8-17(4-2)9-12-15-16-13(20-12)10-6-5-7-19-10/h5-7H,3-4,8-9H2,1-2H3,(H,14,18). The predicted molar refractivity (Wildman–Crippen MR) is 71.6 cm³/mol. The number of hydrogen-bond donors (Lipinski definition) is 1. The monoisotopic (exact) mass is 278 g/mol. The molecule has 7 heteroatoms. The van der Waals surface area contributed by atoms with Gasteiger partial charge in [-0.25, -0.2) is 0 Å². The minimum atomic E-state index is -0.0138. The molecule has 0 aliphatic carbocycles. The third kappa shape index (κ3) is 3.67. The van der Waals surface area contributed by atoms with Crippen LogP contribution in [0.3, 0.4) is 0 Å². The van der Waals surface area contributed by atoms with E-state index in [1.54, 1.807) is 18.4 Å². The Morgan fingerprint density at radius 2 is 2.25 bits per heavy atom. The van der Waals surface area contributed by atoms with E-state index in [-0.39, 0.29) is 5.91 Å². The summed E-state index contributed by atoms with van der Waals surface area (Å²) in [5, 5.41) is 10.6. The van der Waals surface area contributed by atoms with Gasteiger partial charge in [-0.15, -0.1) is 10.2 Å². The number of amides is 1. The summed E-state index contributed by atoms with van der Waals surface area (Å²) in [4.78, 5) is 13.5. The molecule has 0 unspecified atom stereocenters. The molecule has 0 saturated carbocycles. The lowest BCUT2D eigenvalue weighted by Crippen LogP contribution is -2.36. The second kappa shape index (κ2) is 6.85. The summed E-state index contributed by atoms with van der Waals surface area (Å²) in [5.74, 6) is 1.33. The van der Waals surface area contributed by atoms with Crippen LogP contribution in [0.1, 0.15) is 19.7 Å². The Balaban J connectivity index is 1.96. The van der Waals surface area contributed by atoms with Crippen LogP contribution in [0.5, 0.6) is 0 Å². The van der Waals surface area contributed by atoms with E-state index < -0.39 is 0 Å². The SMILES string of the molecule is CCNC(=O)CN(CC)Cc1nnc(-c2ccco2)o1. The van der Waals surface area contributed by atoms with Gasteiger partial charge in [-0.3, -0.25) is 9.69 Å². The van der Waals surface area contributed by atoms with Crippen molar-refractivity contribution in [2.24, 2.45) is 0 Å². The molecule has 2 heterocycles. The largest absolute Gasteiger partial charge is 0.459 e. The first-order valence-corrected chi connectivity index (χ1v) is 6.58. The number of rotatable bonds is 7. The molecule has 0 fully saturated rings. The molecule has 0 spiro atoms. The molecule has 108 valence electrons. The van der Waals surface area contributed by atoms with E-state index >= 15 is 0 Å². The van der Waals surface area contributed by atoms with Crippen molar-refractivity contribution in [1.29, 1.82) is 0 Å². The fraction of sp³-hybridized carbons (Fsp3) is 0.462. The highest BCUT2D eigenvalue weighted by Crippen LogP contribution is 2.18.